The van der Waals surface area contributed by atoms with Crippen molar-refractivity contribution in [3.05, 3.63) is 82.9 Å². The van der Waals surface area contributed by atoms with Crippen LogP contribution in [0.25, 0.3) is 44.6 Å². The Bertz CT molecular complexity index is 2980. The highest BCUT2D eigenvalue weighted by Crippen LogP contribution is 2.39. The Morgan fingerprint density at radius 1 is 0.667 bits per heavy atom. The van der Waals surface area contributed by atoms with Gasteiger partial charge in [0.05, 0.1) is 91.9 Å². The number of fused-ring (bicyclic) bond motifs is 4. The van der Waals surface area contributed by atoms with Crippen molar-refractivity contribution in [3.63, 3.8) is 0 Å². The van der Waals surface area contributed by atoms with Crippen molar-refractivity contribution < 1.29 is 70.4 Å². The SMILES string of the molecule is C[Si](C)(C)CCOCn1c(O[C@@H]2CO[C@H]3[C@@H]2OC[C@H]3O)cc2nc(-c3c(F)cc(N4CCOCC4)cc3F)ccc21.O[C@@H]1CO[C@H]2[C@@H]1OC[C@H]2Oc1[nH]c2ccc(-c3c(F)cc(N4CCOCC4)cc3F)nc2c1Cl. The minimum atomic E-state index is -1.28. The Morgan fingerprint density at radius 3 is 1.72 bits per heavy atom. The summed E-state index contributed by atoms with van der Waals surface area (Å²) in [5.41, 5.74) is 2.98. The van der Waals surface area contributed by atoms with Crippen LogP contribution in [0, 0.1) is 23.3 Å². The molecule has 0 amide bonds. The van der Waals surface area contributed by atoms with E-state index in [0.717, 1.165) is 6.04 Å². The number of H-pyrrole nitrogens is 1. The molecule has 0 aliphatic carbocycles. The molecule has 3 N–H and O–H groups in total. The maximum atomic E-state index is 15.3. The van der Waals surface area contributed by atoms with Gasteiger partial charge in [-0.2, -0.15) is 0 Å². The number of aliphatic hydroxyl groups is 2. The van der Waals surface area contributed by atoms with E-state index < -0.39 is 74.1 Å². The number of benzene rings is 2. The van der Waals surface area contributed by atoms with E-state index in [4.69, 9.17) is 54.2 Å². The fourth-order valence-electron chi connectivity index (χ4n) is 10.3. The summed E-state index contributed by atoms with van der Waals surface area (Å²) in [6, 6.07) is 14.7. The van der Waals surface area contributed by atoms with E-state index in [-0.39, 0.29) is 72.7 Å². The number of anilines is 2. The number of nitrogens with one attached hydrogen (secondary N) is 1. The number of hydrogen-bond acceptors (Lipinski definition) is 15. The van der Waals surface area contributed by atoms with E-state index >= 15 is 17.6 Å². The second-order valence-electron chi connectivity index (χ2n) is 20.6. The van der Waals surface area contributed by atoms with Crippen LogP contribution in [-0.2, 0) is 39.9 Å². The van der Waals surface area contributed by atoms with Gasteiger partial charge in [0.1, 0.15) is 77.2 Å². The predicted octanol–water partition coefficient (Wildman–Crippen LogP) is 6.94. The number of hydrogen-bond donors (Lipinski definition) is 3. The summed E-state index contributed by atoms with van der Waals surface area (Å²) < 4.78 is 114. The molecule has 0 saturated carbocycles. The first-order valence-corrected chi connectivity index (χ1v) is 29.3. The summed E-state index contributed by atoms with van der Waals surface area (Å²) in [7, 11) is -1.28. The molecule has 6 fully saturated rings. The normalized spacial score (nSPS) is 25.7. The van der Waals surface area contributed by atoms with Gasteiger partial charge in [0.25, 0.3) is 0 Å². The lowest BCUT2D eigenvalue weighted by molar-refractivity contribution is 0.00479. The molecule has 4 aromatic heterocycles. The third-order valence-electron chi connectivity index (χ3n) is 14.3. The minimum Gasteiger partial charge on any atom is -0.470 e. The molecule has 0 unspecified atom stereocenters. The van der Waals surface area contributed by atoms with E-state index in [1.807, 2.05) is 14.4 Å². The third-order valence-corrected chi connectivity index (χ3v) is 16.4. The number of rotatable bonds is 13. The summed E-state index contributed by atoms with van der Waals surface area (Å²) in [6.07, 6.45) is -3.94. The summed E-state index contributed by atoms with van der Waals surface area (Å²) in [5, 5.41) is 20.2. The quantitative estimate of drug-likeness (QED) is 0.0616. The van der Waals surface area contributed by atoms with E-state index in [2.05, 4.69) is 34.6 Å². The number of aliphatic hydroxyl groups excluding tert-OH is 2. The molecule has 12 rings (SSSR count). The Balaban J connectivity index is 0.000000163. The molecule has 75 heavy (non-hydrogen) atoms. The molecule has 6 aliphatic heterocycles. The molecule has 8 atom stereocenters. The summed E-state index contributed by atoms with van der Waals surface area (Å²) >= 11 is 6.52. The van der Waals surface area contributed by atoms with Crippen LogP contribution in [0.15, 0.2) is 54.6 Å². The zero-order valence-electron chi connectivity index (χ0n) is 41.6. The molecule has 17 nitrogen and oxygen atoms in total. The van der Waals surface area contributed by atoms with E-state index in [9.17, 15) is 10.2 Å². The molecule has 23 heteroatoms. The van der Waals surface area contributed by atoms with Crippen LogP contribution in [0.4, 0.5) is 28.9 Å². The molecular formula is C52H59ClF4N6O11Si. The fraction of sp³-hybridized carbons (Fsp3) is 0.500. The van der Waals surface area contributed by atoms with Crippen molar-refractivity contribution in [1.29, 1.82) is 0 Å². The number of nitrogens with zero attached hydrogens (tertiary/aromatic N) is 5. The van der Waals surface area contributed by atoms with Crippen LogP contribution in [0.5, 0.6) is 11.8 Å². The maximum Gasteiger partial charge on any atom is 0.213 e. The molecule has 6 saturated heterocycles. The van der Waals surface area contributed by atoms with Gasteiger partial charge in [0, 0.05) is 58.3 Å². The van der Waals surface area contributed by atoms with Gasteiger partial charge in [-0.3, -0.25) is 4.57 Å². The van der Waals surface area contributed by atoms with Gasteiger partial charge in [-0.05, 0) is 54.6 Å². The fourth-order valence-corrected chi connectivity index (χ4v) is 11.3. The Morgan fingerprint density at radius 2 is 1.17 bits per heavy atom. The Hall–Kier alpha value is -5.11. The first-order chi connectivity index (χ1) is 36.2. The van der Waals surface area contributed by atoms with Crippen molar-refractivity contribution in [1.82, 2.24) is 19.5 Å². The molecule has 10 heterocycles. The molecule has 0 bridgehead atoms. The van der Waals surface area contributed by atoms with E-state index in [1.54, 1.807) is 24.3 Å². The van der Waals surface area contributed by atoms with Crippen LogP contribution in [0.1, 0.15) is 0 Å². The van der Waals surface area contributed by atoms with Crippen molar-refractivity contribution in [2.45, 2.75) is 81.2 Å². The lowest BCUT2D eigenvalue weighted by atomic mass is 10.1. The topological polar surface area (TPSA) is 177 Å². The monoisotopic (exact) mass is 1080 g/mol. The average Bonchev–Trinajstić information content (AvgIpc) is 4.26. The van der Waals surface area contributed by atoms with Gasteiger partial charge < -0.3 is 67.6 Å². The van der Waals surface area contributed by atoms with Gasteiger partial charge in [-0.15, -0.1) is 0 Å². The minimum absolute atomic E-state index is 0.120. The summed E-state index contributed by atoms with van der Waals surface area (Å²) in [6.45, 7) is 13.0. The zero-order chi connectivity index (χ0) is 52.1. The Labute approximate surface area is 435 Å². The molecule has 0 spiro atoms. The van der Waals surface area contributed by atoms with Crippen molar-refractivity contribution >= 4 is 53.1 Å². The van der Waals surface area contributed by atoms with Gasteiger partial charge in [0.15, 0.2) is 18.1 Å². The number of aromatic nitrogens is 4. The van der Waals surface area contributed by atoms with Gasteiger partial charge >= 0.3 is 0 Å². The second-order valence-corrected chi connectivity index (χ2v) is 26.6. The van der Waals surface area contributed by atoms with Crippen LogP contribution in [0.2, 0.25) is 30.7 Å². The van der Waals surface area contributed by atoms with Crippen LogP contribution in [0.3, 0.4) is 0 Å². The van der Waals surface area contributed by atoms with Crippen LogP contribution < -0.4 is 19.3 Å². The molecular weight excluding hydrogens is 1020 g/mol. The second kappa shape index (κ2) is 21.7. The highest BCUT2D eigenvalue weighted by atomic mass is 35.5. The van der Waals surface area contributed by atoms with Crippen molar-refractivity contribution in [3.8, 4) is 34.3 Å². The van der Waals surface area contributed by atoms with Gasteiger partial charge in [0.2, 0.25) is 5.88 Å². The van der Waals surface area contributed by atoms with E-state index in [1.165, 1.54) is 30.3 Å². The highest BCUT2D eigenvalue weighted by Gasteiger charge is 2.50. The number of morpholine rings is 2. The largest absolute Gasteiger partial charge is 0.470 e. The summed E-state index contributed by atoms with van der Waals surface area (Å²) in [5.74, 6) is -2.01. The molecule has 0 radical (unpaired) electrons. The molecule has 6 aromatic rings. The maximum absolute atomic E-state index is 15.3. The van der Waals surface area contributed by atoms with Crippen molar-refractivity contribution in [2.24, 2.45) is 0 Å². The van der Waals surface area contributed by atoms with E-state index in [0.29, 0.717) is 98.5 Å². The number of ether oxygens (including phenoxy) is 9. The predicted molar refractivity (Wildman–Crippen MR) is 272 cm³/mol. The lowest BCUT2D eigenvalue weighted by Gasteiger charge is -2.29. The third kappa shape index (κ3) is 10.8. The van der Waals surface area contributed by atoms with Gasteiger partial charge in [-0.1, -0.05) is 31.2 Å². The zero-order valence-corrected chi connectivity index (χ0v) is 43.4. The van der Waals surface area contributed by atoms with Crippen LogP contribution >= 0.6 is 11.6 Å². The van der Waals surface area contributed by atoms with Crippen LogP contribution in [-0.4, -0.2) is 172 Å². The smallest absolute Gasteiger partial charge is 0.213 e. The molecule has 402 valence electrons. The van der Waals surface area contributed by atoms with Gasteiger partial charge in [-0.25, -0.2) is 27.5 Å². The standard InChI is InChI=1S/C29H37F2N3O6Si.C23H22ClF2N3O5/c1-41(2,3)11-10-37-17-34-23-5-4-21(27-19(30)12-18(13-20(27)31)33-6-8-36-9-7-33)32-22(23)14-26(34)40-25-16-39-28-24(35)15-38-29(25)28;24-19-20-15(28-23(19)34-17-10-33-21-16(30)9-32-22(17)21)2-1-14(27-20)18-12(25)7-11(8-13(18)26)29-3-5-31-6-4-29/h4-5,12-14,24-25,28-29,35H,6-11,15-17H2,1-3H3;1-2,7-8,16-17,21-22,28,30H,3-6,9-10H2/t24-,25-,28-,29-;16-,17-,21-,22-/m11/s1. The number of halogens is 5. The average molecular weight is 1080 g/mol. The lowest BCUT2D eigenvalue weighted by Crippen LogP contribution is -2.36. The molecule has 2 aromatic carbocycles. The number of aromatic amines is 1. The summed E-state index contributed by atoms with van der Waals surface area (Å²) in [4.78, 5) is 15.9. The Kier molecular flexibility index (Phi) is 15.1. The first kappa shape index (κ1) is 52.0. The number of pyridine rings is 2. The van der Waals surface area contributed by atoms with Crippen molar-refractivity contribution in [2.75, 3.05) is 95.4 Å². The highest BCUT2D eigenvalue weighted by molar-refractivity contribution is 6.76. The first-order valence-electron chi connectivity index (χ1n) is 25.2. The molecule has 6 aliphatic rings.